The van der Waals surface area contributed by atoms with Crippen LogP contribution in [0.3, 0.4) is 0 Å². The van der Waals surface area contributed by atoms with Crippen LogP contribution in [0.2, 0.25) is 0 Å². The molecule has 2 unspecified atom stereocenters. The number of hydrogen-bond acceptors (Lipinski definition) is 3. The lowest BCUT2D eigenvalue weighted by Crippen LogP contribution is -2.43. The van der Waals surface area contributed by atoms with Crippen molar-refractivity contribution in [1.82, 2.24) is 10.2 Å². The van der Waals surface area contributed by atoms with Crippen LogP contribution in [0, 0.1) is 11.8 Å². The van der Waals surface area contributed by atoms with Crippen LogP contribution in [0.4, 0.5) is 0 Å². The number of hydrogen-bond donors (Lipinski definition) is 2. The lowest BCUT2D eigenvalue weighted by molar-refractivity contribution is 0.0670. The van der Waals surface area contributed by atoms with Crippen molar-refractivity contribution in [3.8, 4) is 0 Å². The molecule has 1 rings (SSSR count). The molecule has 0 amide bonds. The van der Waals surface area contributed by atoms with Gasteiger partial charge in [-0.1, -0.05) is 6.92 Å². The number of piperidine rings is 1. The van der Waals surface area contributed by atoms with Gasteiger partial charge in [0, 0.05) is 12.1 Å². The molecular formula is C15H32N2O. The highest BCUT2D eigenvalue weighted by Gasteiger charge is 2.23. The molecule has 0 bridgehead atoms. The summed E-state index contributed by atoms with van der Waals surface area (Å²) in [7, 11) is 0. The Morgan fingerprint density at radius 1 is 1.22 bits per heavy atom. The molecule has 0 aromatic carbocycles. The molecule has 1 aliphatic heterocycles. The number of nitrogens with one attached hydrogen (secondary N) is 1. The van der Waals surface area contributed by atoms with Crippen LogP contribution in [0.5, 0.6) is 0 Å². The number of rotatable bonds is 5. The van der Waals surface area contributed by atoms with E-state index in [4.69, 9.17) is 0 Å². The van der Waals surface area contributed by atoms with Gasteiger partial charge in [-0.3, -0.25) is 0 Å². The number of aliphatic hydroxyl groups is 1. The maximum atomic E-state index is 9.59. The monoisotopic (exact) mass is 256 g/mol. The van der Waals surface area contributed by atoms with Gasteiger partial charge in [0.05, 0.1) is 6.10 Å². The van der Waals surface area contributed by atoms with Crippen LogP contribution < -0.4 is 5.32 Å². The number of nitrogens with zero attached hydrogens (tertiary/aromatic N) is 1. The fourth-order valence-electron chi connectivity index (χ4n) is 2.60. The summed E-state index contributed by atoms with van der Waals surface area (Å²) in [6.07, 6.45) is 2.17. The van der Waals surface area contributed by atoms with E-state index in [0.29, 0.717) is 11.8 Å². The molecule has 3 nitrogen and oxygen atoms in total. The third-order valence-corrected chi connectivity index (χ3v) is 3.87. The van der Waals surface area contributed by atoms with Gasteiger partial charge in [0.1, 0.15) is 0 Å². The van der Waals surface area contributed by atoms with Gasteiger partial charge in [0.2, 0.25) is 0 Å². The van der Waals surface area contributed by atoms with Crippen LogP contribution in [0.15, 0.2) is 0 Å². The van der Waals surface area contributed by atoms with Crippen LogP contribution in [0.1, 0.15) is 47.5 Å². The predicted molar refractivity (Wildman–Crippen MR) is 77.8 cm³/mol. The molecule has 0 aromatic heterocycles. The highest BCUT2D eigenvalue weighted by molar-refractivity contribution is 4.78. The smallest absolute Gasteiger partial charge is 0.0541 e. The van der Waals surface area contributed by atoms with Crippen LogP contribution in [-0.4, -0.2) is 47.8 Å². The van der Waals surface area contributed by atoms with Crippen LogP contribution >= 0.6 is 0 Å². The molecule has 0 spiro atoms. The van der Waals surface area contributed by atoms with Crippen LogP contribution in [-0.2, 0) is 0 Å². The summed E-state index contributed by atoms with van der Waals surface area (Å²) in [6, 6.07) is 0. The van der Waals surface area contributed by atoms with E-state index in [1.807, 2.05) is 6.92 Å². The van der Waals surface area contributed by atoms with Crippen molar-refractivity contribution in [2.75, 3.05) is 26.2 Å². The summed E-state index contributed by atoms with van der Waals surface area (Å²) >= 11 is 0. The Hall–Kier alpha value is -0.120. The Bertz CT molecular complexity index is 227. The molecule has 1 heterocycles. The quantitative estimate of drug-likeness (QED) is 0.791. The predicted octanol–water partition coefficient (Wildman–Crippen LogP) is 2.10. The summed E-state index contributed by atoms with van der Waals surface area (Å²) in [5.41, 5.74) is 0.216. The van der Waals surface area contributed by atoms with Gasteiger partial charge in [-0.15, -0.1) is 0 Å². The van der Waals surface area contributed by atoms with Gasteiger partial charge in [-0.05, 0) is 72.0 Å². The molecule has 108 valence electrons. The first-order chi connectivity index (χ1) is 8.28. The topological polar surface area (TPSA) is 35.5 Å². The van der Waals surface area contributed by atoms with E-state index >= 15 is 0 Å². The fraction of sp³-hybridized carbons (Fsp3) is 1.00. The van der Waals surface area contributed by atoms with Gasteiger partial charge in [-0.25, -0.2) is 0 Å². The Morgan fingerprint density at radius 3 is 2.22 bits per heavy atom. The summed E-state index contributed by atoms with van der Waals surface area (Å²) in [5.74, 6) is 1.21. The third-order valence-electron chi connectivity index (χ3n) is 3.87. The zero-order valence-corrected chi connectivity index (χ0v) is 12.9. The van der Waals surface area contributed by atoms with E-state index in [1.54, 1.807) is 0 Å². The van der Waals surface area contributed by atoms with Crippen molar-refractivity contribution < 1.29 is 5.11 Å². The minimum atomic E-state index is -0.132. The highest BCUT2D eigenvalue weighted by atomic mass is 16.3. The summed E-state index contributed by atoms with van der Waals surface area (Å²) in [6.45, 7) is 15.4. The Balaban J connectivity index is 2.20. The molecule has 2 atom stereocenters. The van der Waals surface area contributed by atoms with E-state index in [-0.39, 0.29) is 11.6 Å². The second-order valence-electron chi connectivity index (χ2n) is 7.11. The first-order valence-electron chi connectivity index (χ1n) is 7.43. The molecule has 0 radical (unpaired) electrons. The lowest BCUT2D eigenvalue weighted by Gasteiger charge is -2.35. The van der Waals surface area contributed by atoms with Crippen molar-refractivity contribution >= 4 is 0 Å². The highest BCUT2D eigenvalue weighted by Crippen LogP contribution is 2.21. The SMILES string of the molecule is CC(CNC(C)(C)C)CN1CCC(C(C)O)CC1. The van der Waals surface area contributed by atoms with E-state index in [9.17, 15) is 5.11 Å². The Kier molecular flexibility index (Phi) is 6.09. The second-order valence-corrected chi connectivity index (χ2v) is 7.11. The van der Waals surface area contributed by atoms with E-state index < -0.39 is 0 Å². The van der Waals surface area contributed by atoms with Crippen molar-refractivity contribution in [3.63, 3.8) is 0 Å². The van der Waals surface area contributed by atoms with Crippen molar-refractivity contribution in [2.24, 2.45) is 11.8 Å². The van der Waals surface area contributed by atoms with Gasteiger partial charge in [0.25, 0.3) is 0 Å². The lowest BCUT2D eigenvalue weighted by atomic mass is 9.92. The molecule has 0 aromatic rings. The largest absolute Gasteiger partial charge is 0.393 e. The third kappa shape index (κ3) is 6.17. The first-order valence-corrected chi connectivity index (χ1v) is 7.43. The minimum Gasteiger partial charge on any atom is -0.393 e. The zero-order chi connectivity index (χ0) is 13.8. The number of aliphatic hydroxyl groups excluding tert-OH is 1. The minimum absolute atomic E-state index is 0.132. The van der Waals surface area contributed by atoms with Gasteiger partial charge in [-0.2, -0.15) is 0 Å². The van der Waals surface area contributed by atoms with E-state index in [1.165, 1.54) is 6.54 Å². The second kappa shape index (κ2) is 6.88. The molecule has 0 aliphatic carbocycles. The summed E-state index contributed by atoms with van der Waals surface area (Å²) < 4.78 is 0. The van der Waals surface area contributed by atoms with Crippen molar-refractivity contribution in [3.05, 3.63) is 0 Å². The van der Waals surface area contributed by atoms with E-state index in [2.05, 4.69) is 37.9 Å². The Morgan fingerprint density at radius 2 is 1.78 bits per heavy atom. The molecule has 18 heavy (non-hydrogen) atoms. The molecule has 0 saturated carbocycles. The molecule has 1 aliphatic rings. The average Bonchev–Trinajstić information content (AvgIpc) is 2.26. The maximum Gasteiger partial charge on any atom is 0.0541 e. The van der Waals surface area contributed by atoms with Gasteiger partial charge >= 0.3 is 0 Å². The molecule has 1 fully saturated rings. The van der Waals surface area contributed by atoms with Gasteiger partial charge in [0.15, 0.2) is 0 Å². The average molecular weight is 256 g/mol. The molecule has 1 saturated heterocycles. The summed E-state index contributed by atoms with van der Waals surface area (Å²) in [5, 5.41) is 13.2. The fourth-order valence-corrected chi connectivity index (χ4v) is 2.60. The van der Waals surface area contributed by atoms with Crippen molar-refractivity contribution in [1.29, 1.82) is 0 Å². The maximum absolute atomic E-state index is 9.59. The van der Waals surface area contributed by atoms with E-state index in [0.717, 1.165) is 32.5 Å². The van der Waals surface area contributed by atoms with Crippen molar-refractivity contribution in [2.45, 2.75) is 59.1 Å². The number of likely N-dealkylation sites (tertiary alicyclic amines) is 1. The molecular weight excluding hydrogens is 224 g/mol. The zero-order valence-electron chi connectivity index (χ0n) is 12.9. The van der Waals surface area contributed by atoms with Gasteiger partial charge < -0.3 is 15.3 Å². The molecule has 3 heteroatoms. The first kappa shape index (κ1) is 15.9. The summed E-state index contributed by atoms with van der Waals surface area (Å²) in [4.78, 5) is 2.55. The normalized spacial score (nSPS) is 23.0. The van der Waals surface area contributed by atoms with Crippen LogP contribution in [0.25, 0.3) is 0 Å². The molecule has 2 N–H and O–H groups in total. The standard InChI is InChI=1S/C15H32N2O/c1-12(10-16-15(3,4)5)11-17-8-6-14(7-9-17)13(2)18/h12-14,16,18H,6-11H2,1-5H3. The Labute approximate surface area is 113 Å².